The molecule has 0 radical (unpaired) electrons. The van der Waals surface area contributed by atoms with Gasteiger partial charge >= 0.3 is 41.5 Å². The Kier molecular flexibility index (Phi) is 11.6. The molecule has 1 atom stereocenters. The molecule has 0 amide bonds. The molecule has 0 aliphatic heterocycles. The molecule has 9 heteroatoms. The first-order valence-electron chi connectivity index (χ1n) is 6.59. The number of hydrogen-bond donors (Lipinski definition) is 3. The van der Waals surface area contributed by atoms with E-state index in [1.165, 1.54) is 0 Å². The van der Waals surface area contributed by atoms with E-state index >= 15 is 0 Å². The van der Waals surface area contributed by atoms with Crippen LogP contribution in [0.4, 0.5) is 0 Å². The summed E-state index contributed by atoms with van der Waals surface area (Å²) in [5.74, 6) is -3.40. The number of carbonyl (C=O) groups is 2. The van der Waals surface area contributed by atoms with Gasteiger partial charge in [0.1, 0.15) is 0 Å². The van der Waals surface area contributed by atoms with Crippen LogP contribution >= 0.6 is 0 Å². The van der Waals surface area contributed by atoms with Crippen LogP contribution in [0.3, 0.4) is 0 Å². The molecule has 3 N–H and O–H groups in total. The van der Waals surface area contributed by atoms with Crippen molar-refractivity contribution in [1.29, 1.82) is 0 Å². The van der Waals surface area contributed by atoms with Gasteiger partial charge in [0.05, 0.1) is 6.42 Å². The molecule has 0 rings (SSSR count). The Morgan fingerprint density at radius 3 is 1.86 bits per heavy atom. The second kappa shape index (κ2) is 10.6. The maximum atomic E-state index is 11.3. The molecule has 0 spiro atoms. The summed E-state index contributed by atoms with van der Waals surface area (Å²) in [7, 11) is -5.00. The zero-order chi connectivity index (χ0) is 15.8. The quantitative estimate of drug-likeness (QED) is 0.295. The van der Waals surface area contributed by atoms with Crippen molar-refractivity contribution >= 4 is 51.6 Å². The van der Waals surface area contributed by atoms with Crippen molar-refractivity contribution in [2.24, 2.45) is 0 Å². The van der Waals surface area contributed by atoms with Crippen LogP contribution in [0.25, 0.3) is 0 Å². The van der Waals surface area contributed by atoms with Gasteiger partial charge in [0.2, 0.25) is 4.75 Å². The van der Waals surface area contributed by atoms with Crippen molar-refractivity contribution in [2.45, 2.75) is 63.0 Å². The summed E-state index contributed by atoms with van der Waals surface area (Å²) in [4.78, 5) is 21.9. The zero-order valence-electron chi connectivity index (χ0n) is 11.5. The summed E-state index contributed by atoms with van der Waals surface area (Å²) < 4.78 is 29.1. The monoisotopic (exact) mass is 334 g/mol. The Morgan fingerprint density at radius 2 is 1.48 bits per heavy atom. The van der Waals surface area contributed by atoms with Crippen LogP contribution < -0.4 is 0 Å². The summed E-state index contributed by atoms with van der Waals surface area (Å²) in [6.07, 6.45) is 3.16. The van der Waals surface area contributed by atoms with Crippen LogP contribution in [0, 0.1) is 0 Å². The van der Waals surface area contributed by atoms with Gasteiger partial charge in [0.15, 0.2) is 0 Å². The first-order valence-corrected chi connectivity index (χ1v) is 8.03. The Hall–Kier alpha value is -0.150. The van der Waals surface area contributed by atoms with E-state index in [2.05, 4.69) is 0 Å². The molecular formula is C12H23NaO7S. The van der Waals surface area contributed by atoms with Crippen LogP contribution in [0.15, 0.2) is 0 Å². The fourth-order valence-corrected chi connectivity index (χ4v) is 2.97. The van der Waals surface area contributed by atoms with Gasteiger partial charge in [0, 0.05) is 0 Å². The Balaban J connectivity index is 0. The molecule has 0 aliphatic carbocycles. The molecule has 1 unspecified atom stereocenters. The van der Waals surface area contributed by atoms with Gasteiger partial charge in [-0.2, -0.15) is 8.42 Å². The van der Waals surface area contributed by atoms with Gasteiger partial charge in [-0.05, 0) is 6.42 Å². The van der Waals surface area contributed by atoms with E-state index in [-0.39, 0.29) is 36.0 Å². The maximum absolute atomic E-state index is 11.3. The number of hydrogen-bond acceptors (Lipinski definition) is 4. The fourth-order valence-electron chi connectivity index (χ4n) is 2.04. The van der Waals surface area contributed by atoms with E-state index in [0.717, 1.165) is 25.7 Å². The molecule has 0 heterocycles. The zero-order valence-corrected chi connectivity index (χ0v) is 12.4. The average molecular weight is 334 g/mol. The van der Waals surface area contributed by atoms with Crippen LogP contribution in [0.1, 0.15) is 58.3 Å². The Bertz CT molecular complexity index is 435. The third-order valence-electron chi connectivity index (χ3n) is 3.25. The second-order valence-electron chi connectivity index (χ2n) is 4.86. The Labute approximate surface area is 147 Å². The predicted octanol–water partition coefficient (Wildman–Crippen LogP) is 1.27. The third-order valence-corrected chi connectivity index (χ3v) is 4.77. The normalized spacial score (nSPS) is 14.0. The molecule has 0 bridgehead atoms. The van der Waals surface area contributed by atoms with Crippen LogP contribution in [-0.4, -0.2) is 69.4 Å². The van der Waals surface area contributed by atoms with Gasteiger partial charge in [-0.3, -0.25) is 14.1 Å². The Morgan fingerprint density at radius 1 is 1.00 bits per heavy atom. The van der Waals surface area contributed by atoms with Gasteiger partial charge in [-0.1, -0.05) is 45.4 Å². The molecule has 0 saturated carbocycles. The number of aliphatic carboxylic acids is 2. The molecule has 0 aromatic rings. The van der Waals surface area contributed by atoms with Gasteiger partial charge in [-0.15, -0.1) is 0 Å². The summed E-state index contributed by atoms with van der Waals surface area (Å²) in [6, 6.07) is 0. The van der Waals surface area contributed by atoms with Crippen molar-refractivity contribution in [2.75, 3.05) is 0 Å². The van der Waals surface area contributed by atoms with Crippen LogP contribution in [-0.2, 0) is 19.7 Å². The molecule has 120 valence electrons. The number of unbranched alkanes of at least 4 members (excludes halogenated alkanes) is 5. The van der Waals surface area contributed by atoms with Crippen molar-refractivity contribution < 1.29 is 32.8 Å². The molecule has 0 aromatic carbocycles. The van der Waals surface area contributed by atoms with E-state index in [4.69, 9.17) is 14.8 Å². The van der Waals surface area contributed by atoms with E-state index in [0.29, 0.717) is 6.42 Å². The molecular weight excluding hydrogens is 311 g/mol. The van der Waals surface area contributed by atoms with E-state index in [1.807, 2.05) is 6.92 Å². The minimum absolute atomic E-state index is 0. The third kappa shape index (κ3) is 7.60. The average Bonchev–Trinajstić information content (AvgIpc) is 2.29. The minimum atomic E-state index is -5.00. The molecule has 21 heavy (non-hydrogen) atoms. The summed E-state index contributed by atoms with van der Waals surface area (Å²) in [6.45, 7) is 2.04. The number of rotatable bonds is 11. The summed E-state index contributed by atoms with van der Waals surface area (Å²) in [5, 5.41) is 17.7. The van der Waals surface area contributed by atoms with Gasteiger partial charge in [-0.25, -0.2) is 0 Å². The van der Waals surface area contributed by atoms with Gasteiger partial charge < -0.3 is 10.2 Å². The van der Waals surface area contributed by atoms with Crippen LogP contribution in [0.5, 0.6) is 0 Å². The molecule has 0 saturated heterocycles. The molecule has 0 fully saturated rings. The first kappa shape index (κ1) is 23.1. The standard InChI is InChI=1S/C12H22O7S.Na.H/c1-2-3-4-5-6-7-8-12(11(15)16,9-10(13)14)20(17,18)19;;/h2-9H2,1H3,(H,13,14)(H,15,16)(H,17,18,19);;. The number of carboxylic acids is 2. The summed E-state index contributed by atoms with van der Waals surface area (Å²) in [5.41, 5.74) is 0. The second-order valence-corrected chi connectivity index (χ2v) is 6.59. The van der Waals surface area contributed by atoms with E-state index in [1.54, 1.807) is 0 Å². The van der Waals surface area contributed by atoms with E-state index in [9.17, 15) is 18.0 Å². The molecule has 0 aliphatic rings. The number of carboxylic acid groups (broad SMARTS) is 2. The fraction of sp³-hybridized carbons (Fsp3) is 0.833. The summed E-state index contributed by atoms with van der Waals surface area (Å²) >= 11 is 0. The van der Waals surface area contributed by atoms with Crippen molar-refractivity contribution in [3.8, 4) is 0 Å². The first-order chi connectivity index (χ1) is 9.17. The molecule has 7 nitrogen and oxygen atoms in total. The predicted molar refractivity (Wildman–Crippen MR) is 79.3 cm³/mol. The topological polar surface area (TPSA) is 129 Å². The van der Waals surface area contributed by atoms with Crippen molar-refractivity contribution in [3.63, 3.8) is 0 Å². The SMILES string of the molecule is CCCCCCCCC(CC(=O)O)(C(=O)O)S(=O)(=O)O.[NaH]. The van der Waals surface area contributed by atoms with Crippen molar-refractivity contribution in [3.05, 3.63) is 0 Å². The van der Waals surface area contributed by atoms with Crippen LogP contribution in [0.2, 0.25) is 0 Å². The molecule has 0 aromatic heterocycles. The van der Waals surface area contributed by atoms with Crippen molar-refractivity contribution in [1.82, 2.24) is 0 Å². The van der Waals surface area contributed by atoms with Gasteiger partial charge in [0.25, 0.3) is 10.1 Å². The van der Waals surface area contributed by atoms with E-state index < -0.39 is 39.6 Å².